The lowest BCUT2D eigenvalue weighted by atomic mass is 9.64. The first-order valence-electron chi connectivity index (χ1n) is 7.98. The van der Waals surface area contributed by atoms with Crippen LogP contribution in [0.1, 0.15) is 34.1 Å². The number of carbonyl (C=O) groups excluding carboxylic acids is 2. The Kier molecular flexibility index (Phi) is 2.50. The summed E-state index contributed by atoms with van der Waals surface area (Å²) in [5, 5.41) is 10.8. The average Bonchev–Trinajstić information content (AvgIpc) is 2.91. The Bertz CT molecular complexity index is 608. The van der Waals surface area contributed by atoms with Crippen molar-refractivity contribution in [3.63, 3.8) is 0 Å². The monoisotopic (exact) mass is 306 g/mol. The van der Waals surface area contributed by atoms with Crippen LogP contribution >= 0.6 is 0 Å². The molecule has 4 rings (SSSR count). The maximum Gasteiger partial charge on any atom is 0.318 e. The molecule has 22 heavy (non-hydrogen) atoms. The molecule has 0 spiro atoms. The second kappa shape index (κ2) is 3.82. The van der Waals surface area contributed by atoms with E-state index in [4.69, 9.17) is 9.47 Å². The molecule has 5 nitrogen and oxygen atoms in total. The Hall–Kier alpha value is -1.20. The van der Waals surface area contributed by atoms with E-state index < -0.39 is 28.7 Å². The minimum absolute atomic E-state index is 0.0226. The van der Waals surface area contributed by atoms with Gasteiger partial charge in [-0.15, -0.1) is 0 Å². The summed E-state index contributed by atoms with van der Waals surface area (Å²) in [4.78, 5) is 25.1. The summed E-state index contributed by atoms with van der Waals surface area (Å²) in [6, 6.07) is 0. The molecule has 120 valence electrons. The Labute approximate surface area is 129 Å². The van der Waals surface area contributed by atoms with Crippen LogP contribution in [0.25, 0.3) is 0 Å². The minimum atomic E-state index is -1.62. The number of hydrogen-bond donors (Lipinski definition) is 1. The summed E-state index contributed by atoms with van der Waals surface area (Å²) < 4.78 is 11.6. The molecule has 2 heterocycles. The molecule has 0 aromatic rings. The van der Waals surface area contributed by atoms with Crippen molar-refractivity contribution in [1.29, 1.82) is 0 Å². The largest absolute Gasteiger partial charge is 0.461 e. The van der Waals surface area contributed by atoms with Crippen molar-refractivity contribution in [1.82, 2.24) is 0 Å². The van der Waals surface area contributed by atoms with E-state index in [-0.39, 0.29) is 29.6 Å². The summed E-state index contributed by atoms with van der Waals surface area (Å²) >= 11 is 0. The first kappa shape index (κ1) is 14.4. The molecule has 1 N–H and O–H groups in total. The third-order valence-electron chi connectivity index (χ3n) is 6.88. The second-order valence-corrected chi connectivity index (χ2v) is 7.94. The highest BCUT2D eigenvalue weighted by Crippen LogP contribution is 2.64. The number of ketones is 1. The Morgan fingerprint density at radius 3 is 2.64 bits per heavy atom. The van der Waals surface area contributed by atoms with Crippen LogP contribution in [0.2, 0.25) is 0 Å². The lowest BCUT2D eigenvalue weighted by molar-refractivity contribution is -0.239. The highest BCUT2D eigenvalue weighted by Gasteiger charge is 2.76. The Morgan fingerprint density at radius 2 is 1.95 bits per heavy atom. The van der Waals surface area contributed by atoms with Crippen molar-refractivity contribution in [2.45, 2.75) is 52.1 Å². The van der Waals surface area contributed by atoms with Crippen LogP contribution in [-0.4, -0.2) is 34.9 Å². The van der Waals surface area contributed by atoms with Gasteiger partial charge < -0.3 is 14.6 Å². The molecule has 0 unspecified atom stereocenters. The molecule has 3 fully saturated rings. The van der Waals surface area contributed by atoms with Gasteiger partial charge in [-0.2, -0.15) is 0 Å². The van der Waals surface area contributed by atoms with Gasteiger partial charge in [0.15, 0.2) is 11.6 Å². The van der Waals surface area contributed by atoms with E-state index in [2.05, 4.69) is 6.92 Å². The van der Waals surface area contributed by atoms with E-state index in [1.807, 2.05) is 13.0 Å². The number of esters is 1. The number of aliphatic hydroxyl groups is 1. The number of rotatable bonds is 0. The first-order chi connectivity index (χ1) is 10.1. The fraction of sp³-hybridized carbons (Fsp3) is 0.765. The number of fused-ring (bicyclic) bond motifs is 2. The van der Waals surface area contributed by atoms with Gasteiger partial charge in [-0.25, -0.2) is 0 Å². The summed E-state index contributed by atoms with van der Waals surface area (Å²) in [7, 11) is 0. The van der Waals surface area contributed by atoms with Gasteiger partial charge in [0, 0.05) is 5.92 Å². The summed E-state index contributed by atoms with van der Waals surface area (Å²) in [5.41, 5.74) is -1.86. The van der Waals surface area contributed by atoms with Crippen LogP contribution in [0, 0.1) is 28.6 Å². The predicted molar refractivity (Wildman–Crippen MR) is 76.5 cm³/mol. The molecular formula is C17H22O5. The molecule has 8 atom stereocenters. The zero-order chi connectivity index (χ0) is 16.1. The van der Waals surface area contributed by atoms with Gasteiger partial charge in [0.25, 0.3) is 0 Å². The van der Waals surface area contributed by atoms with Gasteiger partial charge >= 0.3 is 5.97 Å². The average molecular weight is 306 g/mol. The normalized spacial score (nSPS) is 59.2. The van der Waals surface area contributed by atoms with E-state index in [1.54, 1.807) is 13.0 Å². The molecule has 0 aromatic carbocycles. The van der Waals surface area contributed by atoms with Crippen molar-refractivity contribution >= 4 is 11.8 Å². The molecule has 2 saturated heterocycles. The number of ether oxygens (including phenoxy) is 2. The fourth-order valence-electron chi connectivity index (χ4n) is 5.33. The van der Waals surface area contributed by atoms with Crippen molar-refractivity contribution < 1.29 is 24.2 Å². The van der Waals surface area contributed by atoms with Gasteiger partial charge in [0.05, 0.1) is 11.5 Å². The van der Waals surface area contributed by atoms with E-state index in [1.165, 1.54) is 6.92 Å². The van der Waals surface area contributed by atoms with E-state index in [0.29, 0.717) is 6.42 Å². The zero-order valence-corrected chi connectivity index (χ0v) is 13.3. The van der Waals surface area contributed by atoms with Crippen LogP contribution < -0.4 is 0 Å². The highest BCUT2D eigenvalue weighted by atomic mass is 16.7. The van der Waals surface area contributed by atoms with Crippen LogP contribution in [0.5, 0.6) is 0 Å². The molecule has 0 amide bonds. The maximum absolute atomic E-state index is 12.6. The predicted octanol–water partition coefficient (Wildman–Crippen LogP) is 1.44. The quantitative estimate of drug-likeness (QED) is 0.686. The molecule has 2 aliphatic heterocycles. The number of carbonyl (C=O) groups is 2. The van der Waals surface area contributed by atoms with E-state index >= 15 is 0 Å². The molecule has 0 aromatic heterocycles. The smallest absolute Gasteiger partial charge is 0.318 e. The van der Waals surface area contributed by atoms with Crippen molar-refractivity contribution in [2.24, 2.45) is 28.6 Å². The molecule has 4 aliphatic rings. The molecular weight excluding hydrogens is 284 g/mol. The maximum atomic E-state index is 12.6. The van der Waals surface area contributed by atoms with Crippen LogP contribution in [0.15, 0.2) is 12.2 Å². The standard InChI is InChI=1S/C17H22O5/c1-8-7-10-12-13(15(2)9(8)5-6-11(15)18)22-17(4,20)16(12,3)14(19)21-10/h5-6,8-10,12-13,20H,7H2,1-4H3/t8-,9-,10-,12-,13+,15-,16+,17-/m1/s1. The number of allylic oxidation sites excluding steroid dienone is 2. The highest BCUT2D eigenvalue weighted by molar-refractivity contribution is 5.98. The molecule has 1 saturated carbocycles. The molecule has 0 bridgehead atoms. The Morgan fingerprint density at radius 1 is 1.27 bits per heavy atom. The lowest BCUT2D eigenvalue weighted by Gasteiger charge is -2.37. The van der Waals surface area contributed by atoms with Crippen molar-refractivity contribution in [3.8, 4) is 0 Å². The van der Waals surface area contributed by atoms with Gasteiger partial charge in [-0.3, -0.25) is 9.59 Å². The van der Waals surface area contributed by atoms with E-state index in [0.717, 1.165) is 0 Å². The summed E-state index contributed by atoms with van der Waals surface area (Å²) in [6.07, 6.45) is 3.48. The summed E-state index contributed by atoms with van der Waals surface area (Å²) in [6.45, 7) is 7.23. The van der Waals surface area contributed by atoms with Crippen molar-refractivity contribution in [2.75, 3.05) is 0 Å². The lowest BCUT2D eigenvalue weighted by Crippen LogP contribution is -2.47. The van der Waals surface area contributed by atoms with Crippen LogP contribution in [0.4, 0.5) is 0 Å². The van der Waals surface area contributed by atoms with Crippen LogP contribution in [-0.2, 0) is 19.1 Å². The Balaban J connectivity index is 1.92. The van der Waals surface area contributed by atoms with Crippen molar-refractivity contribution in [3.05, 3.63) is 12.2 Å². The SMILES string of the molecule is C[C@@H]1C[C@H]2OC(=O)[C@]3(C)[C@H]2[C@H](O[C@@]3(C)O)[C@@]2(C)C(=O)C=C[C@H]12. The van der Waals surface area contributed by atoms with Crippen LogP contribution in [0.3, 0.4) is 0 Å². The molecule has 0 radical (unpaired) electrons. The minimum Gasteiger partial charge on any atom is -0.461 e. The van der Waals surface area contributed by atoms with Gasteiger partial charge in [-0.1, -0.05) is 13.0 Å². The first-order valence-corrected chi connectivity index (χ1v) is 7.98. The fourth-order valence-corrected chi connectivity index (χ4v) is 5.33. The third kappa shape index (κ3) is 1.30. The van der Waals surface area contributed by atoms with Gasteiger partial charge in [0.1, 0.15) is 11.5 Å². The van der Waals surface area contributed by atoms with E-state index in [9.17, 15) is 14.7 Å². The third-order valence-corrected chi connectivity index (χ3v) is 6.88. The number of hydrogen-bond acceptors (Lipinski definition) is 5. The van der Waals surface area contributed by atoms with Gasteiger partial charge in [-0.05, 0) is 45.1 Å². The molecule has 5 heteroatoms. The second-order valence-electron chi connectivity index (χ2n) is 7.94. The topological polar surface area (TPSA) is 72.8 Å². The molecule has 2 aliphatic carbocycles. The summed E-state index contributed by atoms with van der Waals surface area (Å²) in [5.74, 6) is -2.04. The zero-order valence-electron chi connectivity index (χ0n) is 13.3. The van der Waals surface area contributed by atoms with Gasteiger partial charge in [0.2, 0.25) is 0 Å².